The predicted octanol–water partition coefficient (Wildman–Crippen LogP) is 2.79. The number of ether oxygens (including phenoxy) is 1. The Hall–Kier alpha value is -2.10. The molecule has 0 atom stereocenters. The molecule has 1 aromatic heterocycles. The molecule has 4 nitrogen and oxygen atoms in total. The van der Waals surface area contributed by atoms with Gasteiger partial charge in [-0.25, -0.2) is 4.79 Å². The van der Waals surface area contributed by atoms with E-state index in [1.807, 2.05) is 38.1 Å². The van der Waals surface area contributed by atoms with Gasteiger partial charge < -0.3 is 9.72 Å². The molecule has 18 heavy (non-hydrogen) atoms. The number of Topliss-reactive ketones (excluding diaryl/α,β-unsaturated/α-hetero) is 1. The highest BCUT2D eigenvalue weighted by Crippen LogP contribution is 2.25. The van der Waals surface area contributed by atoms with Gasteiger partial charge in [0, 0.05) is 16.8 Å². The van der Waals surface area contributed by atoms with Crippen LogP contribution in [-0.2, 0) is 4.74 Å². The Morgan fingerprint density at radius 3 is 2.50 bits per heavy atom. The lowest BCUT2D eigenvalue weighted by Crippen LogP contribution is -2.13. The van der Waals surface area contributed by atoms with Gasteiger partial charge in [-0.3, -0.25) is 4.79 Å². The van der Waals surface area contributed by atoms with E-state index in [-0.39, 0.29) is 17.4 Å². The molecular formula is C14H15NO3. The van der Waals surface area contributed by atoms with Crippen molar-refractivity contribution < 1.29 is 14.3 Å². The SMILES string of the molecule is COC(=O)c1[nH]c2ccccc2c1C(=O)C(C)C. The second kappa shape index (κ2) is 4.64. The lowest BCUT2D eigenvalue weighted by molar-refractivity contribution is 0.0591. The average molecular weight is 245 g/mol. The summed E-state index contributed by atoms with van der Waals surface area (Å²) in [5.74, 6) is -0.754. The molecule has 2 rings (SSSR count). The molecule has 1 N–H and O–H groups in total. The summed E-state index contributed by atoms with van der Waals surface area (Å²) in [7, 11) is 1.30. The van der Waals surface area contributed by atoms with E-state index in [1.54, 1.807) is 0 Å². The van der Waals surface area contributed by atoms with Crippen molar-refractivity contribution >= 4 is 22.7 Å². The molecular weight excluding hydrogens is 230 g/mol. The molecule has 0 unspecified atom stereocenters. The third-order valence-electron chi connectivity index (χ3n) is 2.87. The number of aromatic nitrogens is 1. The molecule has 4 heteroatoms. The molecule has 0 amide bonds. The topological polar surface area (TPSA) is 59.2 Å². The Morgan fingerprint density at radius 2 is 1.89 bits per heavy atom. The number of methoxy groups -OCH3 is 1. The first-order valence-corrected chi connectivity index (χ1v) is 5.79. The van der Waals surface area contributed by atoms with Crippen LogP contribution in [0.4, 0.5) is 0 Å². The molecule has 94 valence electrons. The number of rotatable bonds is 3. The number of fused-ring (bicyclic) bond motifs is 1. The van der Waals surface area contributed by atoms with Crippen molar-refractivity contribution in [2.75, 3.05) is 7.11 Å². The van der Waals surface area contributed by atoms with Crippen molar-refractivity contribution in [3.8, 4) is 0 Å². The zero-order valence-corrected chi connectivity index (χ0v) is 10.6. The second-order valence-corrected chi connectivity index (χ2v) is 4.43. The lowest BCUT2D eigenvalue weighted by atomic mass is 9.98. The van der Waals surface area contributed by atoms with Crippen LogP contribution < -0.4 is 0 Å². The summed E-state index contributed by atoms with van der Waals surface area (Å²) < 4.78 is 4.71. The minimum Gasteiger partial charge on any atom is -0.464 e. The van der Waals surface area contributed by atoms with E-state index < -0.39 is 5.97 Å². The van der Waals surface area contributed by atoms with Crippen LogP contribution in [0.3, 0.4) is 0 Å². The Balaban J connectivity index is 2.73. The van der Waals surface area contributed by atoms with Crippen LogP contribution in [-0.4, -0.2) is 23.8 Å². The van der Waals surface area contributed by atoms with Gasteiger partial charge in [-0.05, 0) is 6.07 Å². The molecule has 0 aliphatic heterocycles. The van der Waals surface area contributed by atoms with Gasteiger partial charge in [0.1, 0.15) is 5.69 Å². The molecule has 0 aliphatic carbocycles. The average Bonchev–Trinajstić information content (AvgIpc) is 2.75. The van der Waals surface area contributed by atoms with E-state index in [0.717, 1.165) is 10.9 Å². The summed E-state index contributed by atoms with van der Waals surface area (Å²) in [6, 6.07) is 7.35. The van der Waals surface area contributed by atoms with Crippen molar-refractivity contribution in [2.45, 2.75) is 13.8 Å². The maximum Gasteiger partial charge on any atom is 0.355 e. The number of hydrogen-bond acceptors (Lipinski definition) is 3. The third-order valence-corrected chi connectivity index (χ3v) is 2.87. The van der Waals surface area contributed by atoms with Gasteiger partial charge in [0.25, 0.3) is 0 Å². The van der Waals surface area contributed by atoms with Crippen LogP contribution in [0.25, 0.3) is 10.9 Å². The summed E-state index contributed by atoms with van der Waals surface area (Å²) in [6.45, 7) is 3.62. The van der Waals surface area contributed by atoms with Gasteiger partial charge in [0.2, 0.25) is 0 Å². The number of aromatic amines is 1. The second-order valence-electron chi connectivity index (χ2n) is 4.43. The fourth-order valence-corrected chi connectivity index (χ4v) is 1.94. The number of para-hydroxylation sites is 1. The molecule has 0 fully saturated rings. The monoisotopic (exact) mass is 245 g/mol. The van der Waals surface area contributed by atoms with Crippen LogP contribution >= 0.6 is 0 Å². The van der Waals surface area contributed by atoms with E-state index >= 15 is 0 Å². The number of esters is 1. The molecule has 1 heterocycles. The first-order valence-electron chi connectivity index (χ1n) is 5.79. The van der Waals surface area contributed by atoms with Gasteiger partial charge >= 0.3 is 5.97 Å². The zero-order valence-electron chi connectivity index (χ0n) is 10.6. The van der Waals surface area contributed by atoms with E-state index in [9.17, 15) is 9.59 Å². The van der Waals surface area contributed by atoms with E-state index in [2.05, 4.69) is 4.98 Å². The van der Waals surface area contributed by atoms with Gasteiger partial charge in [-0.1, -0.05) is 32.0 Å². The van der Waals surface area contributed by atoms with Gasteiger partial charge in [0.05, 0.1) is 12.7 Å². The maximum absolute atomic E-state index is 12.2. The van der Waals surface area contributed by atoms with E-state index in [1.165, 1.54) is 7.11 Å². The molecule has 0 saturated heterocycles. The van der Waals surface area contributed by atoms with Crippen molar-refractivity contribution in [3.63, 3.8) is 0 Å². The number of nitrogens with one attached hydrogen (secondary N) is 1. The largest absolute Gasteiger partial charge is 0.464 e. The fourth-order valence-electron chi connectivity index (χ4n) is 1.94. The fraction of sp³-hybridized carbons (Fsp3) is 0.286. The molecule has 0 bridgehead atoms. The first-order chi connectivity index (χ1) is 8.56. The number of ketones is 1. The number of H-pyrrole nitrogens is 1. The Morgan fingerprint density at radius 1 is 1.22 bits per heavy atom. The quantitative estimate of drug-likeness (QED) is 0.668. The Kier molecular flexibility index (Phi) is 3.19. The van der Waals surface area contributed by atoms with Crippen molar-refractivity contribution in [1.82, 2.24) is 4.98 Å². The van der Waals surface area contributed by atoms with Crippen molar-refractivity contribution in [2.24, 2.45) is 5.92 Å². The predicted molar refractivity (Wildman–Crippen MR) is 68.8 cm³/mol. The molecule has 0 aliphatic rings. The normalized spacial score (nSPS) is 10.9. The zero-order chi connectivity index (χ0) is 13.3. The van der Waals surface area contributed by atoms with E-state index in [4.69, 9.17) is 4.74 Å². The van der Waals surface area contributed by atoms with Crippen molar-refractivity contribution in [3.05, 3.63) is 35.5 Å². The number of carbonyl (C=O) groups is 2. The highest BCUT2D eigenvalue weighted by Gasteiger charge is 2.24. The third kappa shape index (κ3) is 1.90. The van der Waals surface area contributed by atoms with Crippen LogP contribution in [0.2, 0.25) is 0 Å². The standard InChI is InChI=1S/C14H15NO3/c1-8(2)13(16)11-9-6-4-5-7-10(9)15-12(11)14(17)18-3/h4-8,15H,1-3H3. The molecule has 0 spiro atoms. The Bertz CT molecular complexity index is 611. The van der Waals surface area contributed by atoms with Crippen molar-refractivity contribution in [1.29, 1.82) is 0 Å². The number of carbonyl (C=O) groups excluding carboxylic acids is 2. The summed E-state index contributed by atoms with van der Waals surface area (Å²) in [4.78, 5) is 26.9. The summed E-state index contributed by atoms with van der Waals surface area (Å²) in [5.41, 5.74) is 1.42. The lowest BCUT2D eigenvalue weighted by Gasteiger charge is -2.05. The minimum absolute atomic E-state index is 0.0622. The smallest absolute Gasteiger partial charge is 0.355 e. The van der Waals surface area contributed by atoms with Gasteiger partial charge in [0.15, 0.2) is 5.78 Å². The van der Waals surface area contributed by atoms with Crippen LogP contribution in [0.15, 0.2) is 24.3 Å². The minimum atomic E-state index is -0.518. The van der Waals surface area contributed by atoms with Gasteiger partial charge in [-0.2, -0.15) is 0 Å². The number of benzene rings is 1. The summed E-state index contributed by atoms with van der Waals surface area (Å²) in [5, 5.41) is 0.761. The summed E-state index contributed by atoms with van der Waals surface area (Å²) in [6.07, 6.45) is 0. The molecule has 1 aromatic carbocycles. The van der Waals surface area contributed by atoms with Crippen LogP contribution in [0.1, 0.15) is 34.7 Å². The van der Waals surface area contributed by atoms with Crippen LogP contribution in [0, 0.1) is 5.92 Å². The Labute approximate surface area is 105 Å². The summed E-state index contributed by atoms with van der Waals surface area (Å²) >= 11 is 0. The number of hydrogen-bond donors (Lipinski definition) is 1. The highest BCUT2D eigenvalue weighted by atomic mass is 16.5. The molecule has 0 radical (unpaired) electrons. The molecule has 0 saturated carbocycles. The first kappa shape index (κ1) is 12.4. The van der Waals surface area contributed by atoms with Crippen LogP contribution in [0.5, 0.6) is 0 Å². The maximum atomic E-state index is 12.2. The molecule has 2 aromatic rings. The van der Waals surface area contributed by atoms with Gasteiger partial charge in [-0.15, -0.1) is 0 Å². The highest BCUT2D eigenvalue weighted by molar-refractivity contribution is 6.15. The van der Waals surface area contributed by atoms with E-state index in [0.29, 0.717) is 5.56 Å².